The topological polar surface area (TPSA) is 50.4 Å². The Morgan fingerprint density at radius 1 is 1.44 bits per heavy atom. The lowest BCUT2D eigenvalue weighted by atomic mass is 10.3. The Kier molecular flexibility index (Phi) is 4.65. The van der Waals surface area contributed by atoms with E-state index in [0.717, 1.165) is 12.1 Å². The molecule has 0 spiro atoms. The number of ether oxygens (including phenoxy) is 1. The molecule has 0 atom stereocenters. The van der Waals surface area contributed by atoms with Crippen LogP contribution in [0.5, 0.6) is 5.75 Å². The summed E-state index contributed by atoms with van der Waals surface area (Å²) in [6.07, 6.45) is 0.0810. The molecule has 0 aliphatic rings. The molecule has 0 aromatic heterocycles. The maximum Gasteiger partial charge on any atom is 0.237 e. The molecule has 1 aromatic rings. The van der Waals surface area contributed by atoms with E-state index in [1.807, 2.05) is 0 Å². The largest absolute Gasteiger partial charge is 0.490 e. The van der Waals surface area contributed by atoms with Crippen molar-refractivity contribution in [2.75, 3.05) is 13.7 Å². The van der Waals surface area contributed by atoms with Gasteiger partial charge < -0.3 is 4.74 Å². The van der Waals surface area contributed by atoms with E-state index in [1.54, 1.807) is 7.05 Å². The summed E-state index contributed by atoms with van der Waals surface area (Å²) < 4.78 is 30.6. The average Bonchev–Trinajstić information content (AvgIpc) is 2.22. The Hall–Kier alpha value is -1.69. The van der Waals surface area contributed by atoms with Gasteiger partial charge in [-0.2, -0.15) is 0 Å². The standard InChI is InChI=1S/C10H12F2N2O2/c1-13-14-10(15)4-5-16-9-3-2-7(11)6-8(9)12/h2-3,6,13H,4-5H2,1H3,(H,14,15). The number of carbonyl (C=O) groups is 1. The maximum atomic E-state index is 13.0. The first kappa shape index (κ1) is 12.4. The molecule has 0 heterocycles. The third-order valence-corrected chi connectivity index (χ3v) is 1.75. The number of hydrogen-bond acceptors (Lipinski definition) is 3. The first-order valence-electron chi connectivity index (χ1n) is 4.67. The molecule has 1 aromatic carbocycles. The molecule has 2 N–H and O–H groups in total. The molecular formula is C10H12F2N2O2. The van der Waals surface area contributed by atoms with Crippen LogP contribution < -0.4 is 15.6 Å². The lowest BCUT2D eigenvalue weighted by Gasteiger charge is -2.07. The first-order valence-corrected chi connectivity index (χ1v) is 4.67. The smallest absolute Gasteiger partial charge is 0.237 e. The molecule has 0 saturated carbocycles. The predicted octanol–water partition coefficient (Wildman–Crippen LogP) is 0.984. The Bertz CT molecular complexity index is 372. The van der Waals surface area contributed by atoms with Gasteiger partial charge in [0.1, 0.15) is 5.82 Å². The third kappa shape index (κ3) is 3.82. The second kappa shape index (κ2) is 6.02. The van der Waals surface area contributed by atoms with Crippen LogP contribution in [0.1, 0.15) is 6.42 Å². The number of halogens is 2. The molecule has 1 amide bonds. The minimum Gasteiger partial charge on any atom is -0.490 e. The molecule has 16 heavy (non-hydrogen) atoms. The van der Waals surface area contributed by atoms with Gasteiger partial charge in [0.05, 0.1) is 13.0 Å². The number of benzene rings is 1. The summed E-state index contributed by atoms with van der Waals surface area (Å²) in [6, 6.07) is 3.00. The van der Waals surface area contributed by atoms with Gasteiger partial charge in [-0.05, 0) is 12.1 Å². The molecular weight excluding hydrogens is 218 g/mol. The number of hydrazine groups is 1. The summed E-state index contributed by atoms with van der Waals surface area (Å²) in [5, 5.41) is 0. The highest BCUT2D eigenvalue weighted by atomic mass is 19.1. The molecule has 0 fully saturated rings. The van der Waals surface area contributed by atoms with Crippen LogP contribution in [0.2, 0.25) is 0 Å². The van der Waals surface area contributed by atoms with Crippen LogP contribution in [0.3, 0.4) is 0 Å². The minimum absolute atomic E-state index is 0.0239. The summed E-state index contributed by atoms with van der Waals surface area (Å²) in [6.45, 7) is 0.0239. The first-order chi connectivity index (χ1) is 7.63. The summed E-state index contributed by atoms with van der Waals surface area (Å²) in [5.74, 6) is -1.80. The van der Waals surface area contributed by atoms with Crippen LogP contribution in [0.15, 0.2) is 18.2 Å². The van der Waals surface area contributed by atoms with Crippen LogP contribution in [0, 0.1) is 11.6 Å². The molecule has 0 bridgehead atoms. The van der Waals surface area contributed by atoms with E-state index >= 15 is 0 Å². The fourth-order valence-electron chi connectivity index (χ4n) is 1.05. The van der Waals surface area contributed by atoms with Crippen molar-refractivity contribution in [3.8, 4) is 5.75 Å². The number of rotatable bonds is 5. The summed E-state index contributed by atoms with van der Waals surface area (Å²) >= 11 is 0. The number of carbonyl (C=O) groups excluding carboxylic acids is 1. The summed E-state index contributed by atoms with van der Waals surface area (Å²) in [7, 11) is 1.55. The van der Waals surface area contributed by atoms with Gasteiger partial charge in [0.2, 0.25) is 5.91 Å². The van der Waals surface area contributed by atoms with E-state index in [1.165, 1.54) is 6.07 Å². The van der Waals surface area contributed by atoms with Gasteiger partial charge in [0.15, 0.2) is 11.6 Å². The van der Waals surface area contributed by atoms with Crippen molar-refractivity contribution in [2.24, 2.45) is 0 Å². The van der Waals surface area contributed by atoms with Crippen LogP contribution in [-0.4, -0.2) is 19.6 Å². The van der Waals surface area contributed by atoms with E-state index in [2.05, 4.69) is 10.9 Å². The molecule has 0 unspecified atom stereocenters. The summed E-state index contributed by atoms with van der Waals surface area (Å²) in [4.78, 5) is 11.0. The zero-order valence-electron chi connectivity index (χ0n) is 8.72. The second-order valence-corrected chi connectivity index (χ2v) is 2.97. The van der Waals surface area contributed by atoms with Gasteiger partial charge in [-0.25, -0.2) is 14.2 Å². The fourth-order valence-corrected chi connectivity index (χ4v) is 1.05. The molecule has 4 nitrogen and oxygen atoms in total. The Morgan fingerprint density at radius 2 is 2.19 bits per heavy atom. The molecule has 88 valence electrons. The monoisotopic (exact) mass is 230 g/mol. The third-order valence-electron chi connectivity index (χ3n) is 1.75. The zero-order chi connectivity index (χ0) is 12.0. The predicted molar refractivity (Wildman–Crippen MR) is 53.7 cm³/mol. The highest BCUT2D eigenvalue weighted by Gasteiger charge is 2.05. The Balaban J connectivity index is 2.40. The summed E-state index contributed by atoms with van der Waals surface area (Å²) in [5.41, 5.74) is 4.79. The quantitative estimate of drug-likeness (QED) is 0.741. The van der Waals surface area contributed by atoms with Crippen LogP contribution in [0.4, 0.5) is 8.78 Å². The van der Waals surface area contributed by atoms with Crippen molar-refractivity contribution in [1.82, 2.24) is 10.9 Å². The van der Waals surface area contributed by atoms with Gasteiger partial charge in [-0.1, -0.05) is 0 Å². The lowest BCUT2D eigenvalue weighted by molar-refractivity contribution is -0.122. The van der Waals surface area contributed by atoms with Crippen molar-refractivity contribution < 1.29 is 18.3 Å². The van der Waals surface area contributed by atoms with Gasteiger partial charge in [-0.3, -0.25) is 10.2 Å². The zero-order valence-corrected chi connectivity index (χ0v) is 8.72. The molecule has 0 aliphatic heterocycles. The van der Waals surface area contributed by atoms with E-state index in [0.29, 0.717) is 0 Å². The van der Waals surface area contributed by atoms with Gasteiger partial charge >= 0.3 is 0 Å². The highest BCUT2D eigenvalue weighted by Crippen LogP contribution is 2.17. The molecule has 0 aliphatic carbocycles. The van der Waals surface area contributed by atoms with Crippen molar-refractivity contribution >= 4 is 5.91 Å². The fraction of sp³-hybridized carbons (Fsp3) is 0.300. The molecule has 6 heteroatoms. The van der Waals surface area contributed by atoms with Gasteiger partial charge in [-0.15, -0.1) is 0 Å². The van der Waals surface area contributed by atoms with Gasteiger partial charge in [0.25, 0.3) is 0 Å². The highest BCUT2D eigenvalue weighted by molar-refractivity contribution is 5.75. The molecule has 1 rings (SSSR count). The van der Waals surface area contributed by atoms with Crippen LogP contribution in [-0.2, 0) is 4.79 Å². The lowest BCUT2D eigenvalue weighted by Crippen LogP contribution is -2.34. The normalized spacial score (nSPS) is 9.94. The number of nitrogens with one attached hydrogen (secondary N) is 2. The average molecular weight is 230 g/mol. The Labute approximate surface area is 91.6 Å². The molecule has 0 saturated heterocycles. The minimum atomic E-state index is -0.783. The van der Waals surface area contributed by atoms with Crippen molar-refractivity contribution in [3.05, 3.63) is 29.8 Å². The van der Waals surface area contributed by atoms with E-state index in [4.69, 9.17) is 4.74 Å². The Morgan fingerprint density at radius 3 is 2.81 bits per heavy atom. The maximum absolute atomic E-state index is 13.0. The van der Waals surface area contributed by atoms with E-state index in [9.17, 15) is 13.6 Å². The number of hydrogen-bond donors (Lipinski definition) is 2. The van der Waals surface area contributed by atoms with Gasteiger partial charge in [0, 0.05) is 13.1 Å². The SMILES string of the molecule is CNNC(=O)CCOc1ccc(F)cc1F. The molecule has 0 radical (unpaired) electrons. The van der Waals surface area contributed by atoms with Crippen molar-refractivity contribution in [3.63, 3.8) is 0 Å². The van der Waals surface area contributed by atoms with Crippen LogP contribution in [0.25, 0.3) is 0 Å². The van der Waals surface area contributed by atoms with E-state index < -0.39 is 11.6 Å². The van der Waals surface area contributed by atoms with Crippen molar-refractivity contribution in [1.29, 1.82) is 0 Å². The second-order valence-electron chi connectivity index (χ2n) is 2.97. The van der Waals surface area contributed by atoms with Crippen LogP contribution >= 0.6 is 0 Å². The van der Waals surface area contributed by atoms with Crippen molar-refractivity contribution in [2.45, 2.75) is 6.42 Å². The number of amides is 1. The van der Waals surface area contributed by atoms with E-state index in [-0.39, 0.29) is 24.7 Å².